The number of aryl methyl sites for hydroxylation is 2. The molecule has 2 aromatic carbocycles. The highest BCUT2D eigenvalue weighted by atomic mass is 16.5. The predicted molar refractivity (Wildman–Crippen MR) is 117 cm³/mol. The third kappa shape index (κ3) is 4.51. The molecule has 0 saturated carbocycles. The van der Waals surface area contributed by atoms with E-state index in [1.165, 1.54) is 11.1 Å². The molecule has 1 amide bonds. The summed E-state index contributed by atoms with van der Waals surface area (Å²) < 4.78 is 5.59. The molecule has 0 radical (unpaired) electrons. The van der Waals surface area contributed by atoms with Gasteiger partial charge in [0, 0.05) is 17.5 Å². The number of benzene rings is 2. The van der Waals surface area contributed by atoms with Crippen molar-refractivity contribution in [2.24, 2.45) is 5.10 Å². The number of amides is 1. The maximum Gasteiger partial charge on any atom is 0.257 e. The zero-order valence-electron chi connectivity index (χ0n) is 18.1. The molecule has 0 N–H and O–H groups in total. The van der Waals surface area contributed by atoms with Crippen molar-refractivity contribution in [3.05, 3.63) is 64.7 Å². The van der Waals surface area contributed by atoms with Gasteiger partial charge in [-0.05, 0) is 44.6 Å². The van der Waals surface area contributed by atoms with Crippen LogP contribution in [0.2, 0.25) is 0 Å². The summed E-state index contributed by atoms with van der Waals surface area (Å²) in [4.78, 5) is 15.3. The second-order valence-corrected chi connectivity index (χ2v) is 7.53. The number of likely N-dealkylation sites (N-methyl/N-ethyl adjacent to an activating group) is 1. The van der Waals surface area contributed by atoms with Crippen molar-refractivity contribution in [2.45, 2.75) is 40.2 Å². The van der Waals surface area contributed by atoms with Crippen LogP contribution in [0.15, 0.2) is 47.6 Å². The van der Waals surface area contributed by atoms with Gasteiger partial charge < -0.3 is 4.74 Å². The van der Waals surface area contributed by atoms with Crippen molar-refractivity contribution >= 4 is 11.6 Å². The fourth-order valence-electron chi connectivity index (χ4n) is 3.84. The van der Waals surface area contributed by atoms with Crippen molar-refractivity contribution in [1.29, 1.82) is 0 Å². The minimum atomic E-state index is -0.163. The highest BCUT2D eigenvalue weighted by Crippen LogP contribution is 2.38. The lowest BCUT2D eigenvalue weighted by atomic mass is 9.94. The van der Waals surface area contributed by atoms with Crippen LogP contribution in [0, 0.1) is 13.8 Å². The van der Waals surface area contributed by atoms with Crippen LogP contribution >= 0.6 is 0 Å². The topological polar surface area (TPSA) is 45.1 Å². The molecule has 29 heavy (non-hydrogen) atoms. The van der Waals surface area contributed by atoms with Gasteiger partial charge in [0.05, 0.1) is 25.4 Å². The summed E-state index contributed by atoms with van der Waals surface area (Å²) in [6, 6.07) is 14.1. The molecule has 0 bridgehead atoms. The van der Waals surface area contributed by atoms with Crippen LogP contribution in [0.4, 0.5) is 0 Å². The number of rotatable bonds is 7. The van der Waals surface area contributed by atoms with Gasteiger partial charge in [-0.1, -0.05) is 49.7 Å². The molecular formula is C24H31N3O2. The van der Waals surface area contributed by atoms with Gasteiger partial charge in [0.15, 0.2) is 0 Å². The molecule has 2 aromatic rings. The molecule has 0 saturated heterocycles. The van der Waals surface area contributed by atoms with E-state index < -0.39 is 0 Å². The maximum atomic E-state index is 13.2. The molecular weight excluding hydrogens is 362 g/mol. The standard InChI is InChI=1S/C24H31N3O2/c1-6-26(7-2)16-24(28)27-22(19-10-8-9-11-23(19)29-5)15-21(25-27)20-14-17(3)12-13-18(20)4/h8-14,22H,6-7,15-16H2,1-5H3/t22-/m1/s1. The summed E-state index contributed by atoms with van der Waals surface area (Å²) in [5.74, 6) is 0.806. The van der Waals surface area contributed by atoms with Crippen LogP contribution in [0.25, 0.3) is 0 Å². The number of hydrogen-bond acceptors (Lipinski definition) is 4. The predicted octanol–water partition coefficient (Wildman–Crippen LogP) is 4.33. The van der Waals surface area contributed by atoms with Gasteiger partial charge in [0.2, 0.25) is 0 Å². The number of methoxy groups -OCH3 is 1. The van der Waals surface area contributed by atoms with Crippen molar-refractivity contribution in [1.82, 2.24) is 9.91 Å². The molecule has 1 atom stereocenters. The van der Waals surface area contributed by atoms with Crippen LogP contribution in [0.1, 0.15) is 48.6 Å². The zero-order valence-corrected chi connectivity index (χ0v) is 18.1. The number of nitrogens with zero attached hydrogens (tertiary/aromatic N) is 3. The molecule has 1 aliphatic rings. The first-order valence-corrected chi connectivity index (χ1v) is 10.3. The molecule has 5 nitrogen and oxygen atoms in total. The Morgan fingerprint density at radius 3 is 2.59 bits per heavy atom. The molecule has 1 heterocycles. The average Bonchev–Trinajstić information content (AvgIpc) is 3.18. The molecule has 3 rings (SSSR count). The van der Waals surface area contributed by atoms with Gasteiger partial charge in [-0.25, -0.2) is 5.01 Å². The second-order valence-electron chi connectivity index (χ2n) is 7.53. The summed E-state index contributed by atoms with van der Waals surface area (Å²) in [5.41, 5.74) is 5.42. The lowest BCUT2D eigenvalue weighted by Crippen LogP contribution is -2.38. The monoisotopic (exact) mass is 393 g/mol. The van der Waals surface area contributed by atoms with E-state index in [-0.39, 0.29) is 11.9 Å². The van der Waals surface area contributed by atoms with E-state index in [0.717, 1.165) is 35.7 Å². The number of carbonyl (C=O) groups excluding carboxylic acids is 1. The number of carbonyl (C=O) groups is 1. The van der Waals surface area contributed by atoms with Crippen LogP contribution in [0.3, 0.4) is 0 Å². The Balaban J connectivity index is 2.01. The summed E-state index contributed by atoms with van der Waals surface area (Å²) in [6.45, 7) is 10.4. The Morgan fingerprint density at radius 1 is 1.17 bits per heavy atom. The number of hydrogen-bond donors (Lipinski definition) is 0. The minimum absolute atomic E-state index is 0.0184. The van der Waals surface area contributed by atoms with E-state index in [1.807, 2.05) is 24.3 Å². The number of ether oxygens (including phenoxy) is 1. The Labute approximate surface area is 174 Å². The molecule has 154 valence electrons. The van der Waals surface area contributed by atoms with E-state index in [9.17, 15) is 4.79 Å². The smallest absolute Gasteiger partial charge is 0.257 e. The minimum Gasteiger partial charge on any atom is -0.496 e. The normalized spacial score (nSPS) is 16.3. The van der Waals surface area contributed by atoms with Gasteiger partial charge in [-0.15, -0.1) is 0 Å². The van der Waals surface area contributed by atoms with Gasteiger partial charge in [0.25, 0.3) is 5.91 Å². The SMILES string of the molecule is CCN(CC)CC(=O)N1N=C(c2cc(C)ccc2C)C[C@@H]1c1ccccc1OC. The number of hydrazone groups is 1. The summed E-state index contributed by atoms with van der Waals surface area (Å²) >= 11 is 0. The third-order valence-electron chi connectivity index (χ3n) is 5.62. The molecule has 1 aliphatic heterocycles. The molecule has 5 heteroatoms. The van der Waals surface area contributed by atoms with Crippen molar-refractivity contribution < 1.29 is 9.53 Å². The van der Waals surface area contributed by atoms with E-state index in [2.05, 4.69) is 50.8 Å². The first kappa shape index (κ1) is 21.1. The molecule has 0 unspecified atom stereocenters. The van der Waals surface area contributed by atoms with Crippen LogP contribution < -0.4 is 4.74 Å². The molecule has 0 spiro atoms. The van der Waals surface area contributed by atoms with Gasteiger partial charge in [-0.2, -0.15) is 5.10 Å². The third-order valence-corrected chi connectivity index (χ3v) is 5.62. The average molecular weight is 394 g/mol. The van der Waals surface area contributed by atoms with Crippen molar-refractivity contribution in [3.8, 4) is 5.75 Å². The van der Waals surface area contributed by atoms with Gasteiger partial charge in [0.1, 0.15) is 5.75 Å². The Hall–Kier alpha value is -2.66. The van der Waals surface area contributed by atoms with Gasteiger partial charge >= 0.3 is 0 Å². The van der Waals surface area contributed by atoms with E-state index in [1.54, 1.807) is 12.1 Å². The lowest BCUT2D eigenvalue weighted by Gasteiger charge is -2.26. The van der Waals surface area contributed by atoms with E-state index in [4.69, 9.17) is 9.84 Å². The summed E-state index contributed by atoms with van der Waals surface area (Å²) in [5, 5.41) is 6.51. The van der Waals surface area contributed by atoms with Crippen molar-refractivity contribution in [2.75, 3.05) is 26.7 Å². The first-order chi connectivity index (χ1) is 14.0. The Morgan fingerprint density at radius 2 is 1.90 bits per heavy atom. The Bertz CT molecular complexity index is 903. The summed E-state index contributed by atoms with van der Waals surface area (Å²) in [7, 11) is 1.67. The lowest BCUT2D eigenvalue weighted by molar-refractivity contribution is -0.134. The second kappa shape index (κ2) is 9.23. The van der Waals surface area contributed by atoms with Crippen molar-refractivity contribution in [3.63, 3.8) is 0 Å². The van der Waals surface area contributed by atoms with Crippen LogP contribution in [0.5, 0.6) is 5.75 Å². The van der Waals surface area contributed by atoms with Gasteiger partial charge in [-0.3, -0.25) is 9.69 Å². The quantitative estimate of drug-likeness (QED) is 0.703. The highest BCUT2D eigenvalue weighted by Gasteiger charge is 2.35. The number of para-hydroxylation sites is 1. The maximum absolute atomic E-state index is 13.2. The molecule has 0 fully saturated rings. The highest BCUT2D eigenvalue weighted by molar-refractivity contribution is 6.04. The fourth-order valence-corrected chi connectivity index (χ4v) is 3.84. The first-order valence-electron chi connectivity index (χ1n) is 10.3. The largest absolute Gasteiger partial charge is 0.496 e. The fraction of sp³-hybridized carbons (Fsp3) is 0.417. The van der Waals surface area contributed by atoms with Crippen LogP contribution in [-0.4, -0.2) is 48.3 Å². The zero-order chi connectivity index (χ0) is 21.0. The Kier molecular flexibility index (Phi) is 6.70. The summed E-state index contributed by atoms with van der Waals surface area (Å²) in [6.07, 6.45) is 0.675. The molecule has 0 aromatic heterocycles. The van der Waals surface area contributed by atoms with E-state index >= 15 is 0 Å². The van der Waals surface area contributed by atoms with Crippen LogP contribution in [-0.2, 0) is 4.79 Å². The molecule has 0 aliphatic carbocycles. The van der Waals surface area contributed by atoms with E-state index in [0.29, 0.717) is 13.0 Å².